The van der Waals surface area contributed by atoms with Crippen molar-refractivity contribution in [2.75, 3.05) is 11.1 Å². The Bertz CT molecular complexity index is 599. The molecule has 7 heteroatoms. The maximum atomic E-state index is 11.8. The maximum absolute atomic E-state index is 11.8. The Kier molecular flexibility index (Phi) is 4.44. The van der Waals surface area contributed by atoms with E-state index in [9.17, 15) is 4.79 Å². The van der Waals surface area contributed by atoms with Crippen molar-refractivity contribution in [3.8, 4) is 0 Å². The number of rotatable bonds is 4. The molecule has 0 spiro atoms. The predicted octanol–water partition coefficient (Wildman–Crippen LogP) is 2.91. The van der Waals surface area contributed by atoms with Crippen LogP contribution in [0.2, 0.25) is 5.02 Å². The molecule has 0 radical (unpaired) electrons. The molecule has 2 aromatic rings. The second-order valence-corrected chi connectivity index (χ2v) is 5.28. The zero-order chi connectivity index (χ0) is 13.8. The molecule has 1 heterocycles. The molecule has 0 fully saturated rings. The van der Waals surface area contributed by atoms with E-state index in [1.807, 2.05) is 6.20 Å². The molecule has 19 heavy (non-hydrogen) atoms. The zero-order valence-corrected chi connectivity index (χ0v) is 12.3. The normalized spacial score (nSPS) is 10.4. The number of aromatic nitrogens is 2. The third-order valence-corrected chi connectivity index (χ3v) is 3.20. The van der Waals surface area contributed by atoms with Crippen molar-refractivity contribution < 1.29 is 4.79 Å². The second-order valence-electron chi connectivity index (χ2n) is 3.96. The molecule has 3 N–H and O–H groups in total. The molecule has 0 aliphatic rings. The van der Waals surface area contributed by atoms with Crippen LogP contribution >= 0.6 is 27.5 Å². The van der Waals surface area contributed by atoms with E-state index < -0.39 is 0 Å². The van der Waals surface area contributed by atoms with Crippen LogP contribution in [-0.4, -0.2) is 15.7 Å². The van der Waals surface area contributed by atoms with E-state index in [0.717, 1.165) is 4.47 Å². The van der Waals surface area contributed by atoms with Gasteiger partial charge >= 0.3 is 0 Å². The lowest BCUT2D eigenvalue weighted by Crippen LogP contribution is -2.14. The summed E-state index contributed by atoms with van der Waals surface area (Å²) in [4.78, 5) is 11.8. The van der Waals surface area contributed by atoms with Crippen molar-refractivity contribution in [2.45, 2.75) is 13.0 Å². The van der Waals surface area contributed by atoms with Crippen LogP contribution in [0.5, 0.6) is 0 Å². The average Bonchev–Trinajstić information content (AvgIpc) is 2.77. The average molecular weight is 344 g/mol. The van der Waals surface area contributed by atoms with Crippen LogP contribution < -0.4 is 11.1 Å². The van der Waals surface area contributed by atoms with Gasteiger partial charge in [-0.1, -0.05) is 11.6 Å². The fourth-order valence-electron chi connectivity index (χ4n) is 1.52. The molecule has 5 nitrogen and oxygen atoms in total. The standard InChI is InChI=1S/C12H12BrClN4O/c13-8-6-16-18(7-8)4-3-12(19)17-9-1-2-10(14)11(15)5-9/h1-2,5-7H,3-4,15H2,(H,17,19). The van der Waals surface area contributed by atoms with Crippen molar-refractivity contribution in [2.24, 2.45) is 0 Å². The van der Waals surface area contributed by atoms with Crippen LogP contribution in [-0.2, 0) is 11.3 Å². The van der Waals surface area contributed by atoms with Crippen LogP contribution in [0.4, 0.5) is 11.4 Å². The molecule has 0 bridgehead atoms. The zero-order valence-electron chi connectivity index (χ0n) is 9.94. The number of hydrogen-bond acceptors (Lipinski definition) is 3. The van der Waals surface area contributed by atoms with Crippen molar-refractivity contribution in [1.29, 1.82) is 0 Å². The molecular formula is C12H12BrClN4O. The number of nitrogen functional groups attached to an aromatic ring is 1. The van der Waals surface area contributed by atoms with Gasteiger partial charge in [-0.15, -0.1) is 0 Å². The molecule has 0 aliphatic heterocycles. The number of hydrogen-bond donors (Lipinski definition) is 2. The summed E-state index contributed by atoms with van der Waals surface area (Å²) in [6.07, 6.45) is 3.82. The van der Waals surface area contributed by atoms with E-state index in [-0.39, 0.29) is 5.91 Å². The number of benzene rings is 1. The Morgan fingerprint density at radius 2 is 2.32 bits per heavy atom. The van der Waals surface area contributed by atoms with Crippen molar-refractivity contribution in [3.63, 3.8) is 0 Å². The van der Waals surface area contributed by atoms with E-state index in [1.54, 1.807) is 29.1 Å². The number of nitrogens with two attached hydrogens (primary N) is 1. The Morgan fingerprint density at radius 1 is 1.53 bits per heavy atom. The van der Waals surface area contributed by atoms with Crippen LogP contribution in [0.15, 0.2) is 35.1 Å². The van der Waals surface area contributed by atoms with Crippen molar-refractivity contribution >= 4 is 44.8 Å². The van der Waals surface area contributed by atoms with Crippen LogP contribution in [0.1, 0.15) is 6.42 Å². The van der Waals surface area contributed by atoms with Crippen LogP contribution in [0.25, 0.3) is 0 Å². The minimum absolute atomic E-state index is 0.103. The summed E-state index contributed by atoms with van der Waals surface area (Å²) in [6.45, 7) is 0.514. The fraction of sp³-hybridized carbons (Fsp3) is 0.167. The molecule has 0 saturated carbocycles. The summed E-state index contributed by atoms with van der Waals surface area (Å²) in [5.41, 5.74) is 6.73. The smallest absolute Gasteiger partial charge is 0.226 e. The largest absolute Gasteiger partial charge is 0.397 e. The Labute approximate surface area is 123 Å². The number of amides is 1. The highest BCUT2D eigenvalue weighted by Gasteiger charge is 2.05. The number of nitrogens with zero attached hydrogens (tertiary/aromatic N) is 2. The minimum Gasteiger partial charge on any atom is -0.397 e. The van der Waals surface area contributed by atoms with E-state index in [4.69, 9.17) is 17.3 Å². The minimum atomic E-state index is -0.103. The molecule has 1 aromatic carbocycles. The van der Waals surface area contributed by atoms with Crippen LogP contribution in [0.3, 0.4) is 0 Å². The first kappa shape index (κ1) is 13.9. The fourth-order valence-corrected chi connectivity index (χ4v) is 1.97. The number of carbonyl (C=O) groups excluding carboxylic acids is 1. The van der Waals surface area contributed by atoms with Crippen LogP contribution in [0, 0.1) is 0 Å². The highest BCUT2D eigenvalue weighted by molar-refractivity contribution is 9.10. The van der Waals surface area contributed by atoms with Gasteiger partial charge in [-0.2, -0.15) is 5.10 Å². The lowest BCUT2D eigenvalue weighted by molar-refractivity contribution is -0.116. The van der Waals surface area contributed by atoms with Gasteiger partial charge in [0.2, 0.25) is 5.91 Å². The first-order valence-electron chi connectivity index (χ1n) is 5.57. The number of carbonyl (C=O) groups is 1. The van der Waals surface area contributed by atoms with Crippen molar-refractivity contribution in [3.05, 3.63) is 40.1 Å². The molecule has 0 saturated heterocycles. The van der Waals surface area contributed by atoms with E-state index in [2.05, 4.69) is 26.3 Å². The van der Waals surface area contributed by atoms with Gasteiger partial charge in [-0.3, -0.25) is 9.48 Å². The van der Waals surface area contributed by atoms with Gasteiger partial charge in [0.05, 0.1) is 21.4 Å². The summed E-state index contributed by atoms with van der Waals surface area (Å²) in [7, 11) is 0. The van der Waals surface area contributed by atoms with Gasteiger partial charge in [0, 0.05) is 24.8 Å². The number of halogens is 2. The Balaban J connectivity index is 1.88. The third-order valence-electron chi connectivity index (χ3n) is 2.45. The molecule has 2 rings (SSSR count). The molecule has 1 amide bonds. The second kappa shape index (κ2) is 6.08. The van der Waals surface area contributed by atoms with Gasteiger partial charge in [-0.25, -0.2) is 0 Å². The number of nitrogens with one attached hydrogen (secondary N) is 1. The highest BCUT2D eigenvalue weighted by Crippen LogP contribution is 2.22. The molecular weight excluding hydrogens is 332 g/mol. The summed E-state index contributed by atoms with van der Waals surface area (Å²) in [5.74, 6) is -0.103. The highest BCUT2D eigenvalue weighted by atomic mass is 79.9. The predicted molar refractivity (Wildman–Crippen MR) is 79.0 cm³/mol. The number of aryl methyl sites for hydroxylation is 1. The SMILES string of the molecule is Nc1cc(NC(=O)CCn2cc(Br)cn2)ccc1Cl. The topological polar surface area (TPSA) is 72.9 Å². The third kappa shape index (κ3) is 3.97. The molecule has 100 valence electrons. The lowest BCUT2D eigenvalue weighted by atomic mass is 10.2. The molecule has 0 atom stereocenters. The quantitative estimate of drug-likeness (QED) is 0.838. The molecule has 0 unspecified atom stereocenters. The summed E-state index contributed by atoms with van der Waals surface area (Å²) in [6, 6.07) is 4.99. The van der Waals surface area contributed by atoms with Gasteiger partial charge in [-0.05, 0) is 34.1 Å². The van der Waals surface area contributed by atoms with Gasteiger partial charge in [0.1, 0.15) is 0 Å². The van der Waals surface area contributed by atoms with E-state index >= 15 is 0 Å². The van der Waals surface area contributed by atoms with E-state index in [0.29, 0.717) is 29.4 Å². The van der Waals surface area contributed by atoms with Gasteiger partial charge < -0.3 is 11.1 Å². The maximum Gasteiger partial charge on any atom is 0.226 e. The Morgan fingerprint density at radius 3 is 2.95 bits per heavy atom. The molecule has 0 aliphatic carbocycles. The lowest BCUT2D eigenvalue weighted by Gasteiger charge is -2.07. The number of anilines is 2. The summed E-state index contributed by atoms with van der Waals surface area (Å²) in [5, 5.41) is 7.30. The van der Waals surface area contributed by atoms with E-state index in [1.165, 1.54) is 0 Å². The summed E-state index contributed by atoms with van der Waals surface area (Å²) >= 11 is 9.10. The van der Waals surface area contributed by atoms with Gasteiger partial charge in [0.15, 0.2) is 0 Å². The molecule has 1 aromatic heterocycles. The first-order valence-corrected chi connectivity index (χ1v) is 6.74. The summed E-state index contributed by atoms with van der Waals surface area (Å²) < 4.78 is 2.58. The first-order chi connectivity index (χ1) is 9.04. The monoisotopic (exact) mass is 342 g/mol. The van der Waals surface area contributed by atoms with Crippen molar-refractivity contribution in [1.82, 2.24) is 9.78 Å². The Hall–Kier alpha value is -1.53. The van der Waals surface area contributed by atoms with Gasteiger partial charge in [0.25, 0.3) is 0 Å².